The molecule has 0 N–H and O–H groups in total. The second kappa shape index (κ2) is 3.93. The van der Waals surface area contributed by atoms with Crippen LogP contribution >= 0.6 is 0 Å². The number of benzene rings is 1. The Morgan fingerprint density at radius 3 is 2.62 bits per heavy atom. The molecular weight excluding hydrogens is 160 g/mol. The number of hydrogen-bond acceptors (Lipinski definition) is 1. The summed E-state index contributed by atoms with van der Waals surface area (Å²) in [5.74, 6) is 0.631. The van der Waals surface area contributed by atoms with Gasteiger partial charge in [0.15, 0.2) is 0 Å². The molecular formula is C12H16O. The summed E-state index contributed by atoms with van der Waals surface area (Å²) in [7, 11) is 0. The van der Waals surface area contributed by atoms with E-state index in [0.29, 0.717) is 12.0 Å². The van der Waals surface area contributed by atoms with Crippen molar-refractivity contribution >= 4 is 0 Å². The molecule has 1 nitrogen and oxygen atoms in total. The van der Waals surface area contributed by atoms with Crippen molar-refractivity contribution < 1.29 is 4.74 Å². The maximum Gasteiger partial charge on any atom is 0.0878 e. The molecule has 1 aromatic carbocycles. The van der Waals surface area contributed by atoms with Crippen molar-refractivity contribution in [1.82, 2.24) is 0 Å². The van der Waals surface area contributed by atoms with E-state index >= 15 is 0 Å². The highest BCUT2D eigenvalue weighted by molar-refractivity contribution is 5.21. The van der Waals surface area contributed by atoms with E-state index in [1.165, 1.54) is 18.4 Å². The molecule has 13 heavy (non-hydrogen) atoms. The smallest absolute Gasteiger partial charge is 0.0878 e. The molecule has 2 rings (SSSR count). The summed E-state index contributed by atoms with van der Waals surface area (Å²) in [6.07, 6.45) is 2.98. The van der Waals surface area contributed by atoms with Gasteiger partial charge in [0.2, 0.25) is 0 Å². The molecule has 0 aromatic heterocycles. The fourth-order valence-electron chi connectivity index (χ4n) is 1.87. The average Bonchev–Trinajstić information content (AvgIpc) is 2.99. The van der Waals surface area contributed by atoms with Crippen molar-refractivity contribution in [3.05, 3.63) is 35.9 Å². The Labute approximate surface area is 79.7 Å². The lowest BCUT2D eigenvalue weighted by Crippen LogP contribution is -2.05. The van der Waals surface area contributed by atoms with Crippen LogP contribution in [0.4, 0.5) is 0 Å². The third-order valence-corrected chi connectivity index (χ3v) is 2.64. The van der Waals surface area contributed by atoms with E-state index in [0.717, 1.165) is 6.61 Å². The Bertz CT molecular complexity index is 251. The molecule has 1 aliphatic rings. The largest absolute Gasteiger partial charge is 0.372 e. The predicted molar refractivity (Wildman–Crippen MR) is 53.8 cm³/mol. The lowest BCUT2D eigenvalue weighted by atomic mass is 9.92. The van der Waals surface area contributed by atoms with Crippen LogP contribution in [0.25, 0.3) is 0 Å². The minimum absolute atomic E-state index is 0.502. The van der Waals surface area contributed by atoms with Gasteiger partial charge in [-0.15, -0.1) is 0 Å². The van der Waals surface area contributed by atoms with E-state index in [-0.39, 0.29) is 0 Å². The van der Waals surface area contributed by atoms with Crippen LogP contribution in [-0.4, -0.2) is 12.7 Å². The third kappa shape index (κ3) is 2.10. The van der Waals surface area contributed by atoms with Crippen LogP contribution in [0.3, 0.4) is 0 Å². The van der Waals surface area contributed by atoms with E-state index in [1.807, 2.05) is 0 Å². The lowest BCUT2D eigenvalue weighted by Gasteiger charge is -2.13. The monoisotopic (exact) mass is 176 g/mol. The van der Waals surface area contributed by atoms with Crippen LogP contribution in [0.15, 0.2) is 30.3 Å². The molecule has 1 fully saturated rings. The number of hydrogen-bond donors (Lipinski definition) is 0. The van der Waals surface area contributed by atoms with Crippen LogP contribution in [-0.2, 0) is 4.74 Å². The maximum atomic E-state index is 5.38. The summed E-state index contributed by atoms with van der Waals surface area (Å²) in [5.41, 5.74) is 1.44. The Kier molecular flexibility index (Phi) is 2.65. The summed E-state index contributed by atoms with van der Waals surface area (Å²) in [4.78, 5) is 0. The molecule has 1 saturated heterocycles. The highest BCUT2D eigenvalue weighted by atomic mass is 16.6. The van der Waals surface area contributed by atoms with Crippen LogP contribution < -0.4 is 0 Å². The first-order chi connectivity index (χ1) is 6.42. The van der Waals surface area contributed by atoms with Crippen molar-refractivity contribution in [3.8, 4) is 0 Å². The molecule has 2 unspecified atom stereocenters. The number of epoxide rings is 1. The van der Waals surface area contributed by atoms with Crippen molar-refractivity contribution in [2.45, 2.75) is 31.8 Å². The van der Waals surface area contributed by atoms with Crippen LogP contribution in [0.1, 0.15) is 31.2 Å². The lowest BCUT2D eigenvalue weighted by molar-refractivity contribution is 0.363. The van der Waals surface area contributed by atoms with Crippen LogP contribution in [0, 0.1) is 0 Å². The zero-order chi connectivity index (χ0) is 9.10. The fourth-order valence-corrected chi connectivity index (χ4v) is 1.87. The molecule has 0 radical (unpaired) electrons. The van der Waals surface area contributed by atoms with Crippen LogP contribution in [0.5, 0.6) is 0 Å². The molecule has 2 atom stereocenters. The van der Waals surface area contributed by atoms with Gasteiger partial charge in [0.05, 0.1) is 12.7 Å². The van der Waals surface area contributed by atoms with E-state index in [9.17, 15) is 0 Å². The van der Waals surface area contributed by atoms with Crippen molar-refractivity contribution in [3.63, 3.8) is 0 Å². The van der Waals surface area contributed by atoms with Gasteiger partial charge in [0.1, 0.15) is 0 Å². The SMILES string of the molecule is CCCC(c1ccccc1)C1CO1. The minimum Gasteiger partial charge on any atom is -0.372 e. The average molecular weight is 176 g/mol. The number of ether oxygens (including phenoxy) is 1. The molecule has 70 valence electrons. The van der Waals surface area contributed by atoms with E-state index in [2.05, 4.69) is 37.3 Å². The van der Waals surface area contributed by atoms with Crippen LogP contribution in [0.2, 0.25) is 0 Å². The molecule has 1 heterocycles. The third-order valence-electron chi connectivity index (χ3n) is 2.64. The van der Waals surface area contributed by atoms with Gasteiger partial charge in [0, 0.05) is 5.92 Å². The topological polar surface area (TPSA) is 12.5 Å². The molecule has 0 saturated carbocycles. The van der Waals surface area contributed by atoms with E-state index < -0.39 is 0 Å². The van der Waals surface area contributed by atoms with Gasteiger partial charge in [-0.25, -0.2) is 0 Å². The van der Waals surface area contributed by atoms with Crippen molar-refractivity contribution in [2.24, 2.45) is 0 Å². The van der Waals surface area contributed by atoms with Gasteiger partial charge in [-0.05, 0) is 12.0 Å². The van der Waals surface area contributed by atoms with Gasteiger partial charge in [0.25, 0.3) is 0 Å². The van der Waals surface area contributed by atoms with E-state index in [1.54, 1.807) is 0 Å². The quantitative estimate of drug-likeness (QED) is 0.642. The maximum absolute atomic E-state index is 5.38. The molecule has 0 spiro atoms. The van der Waals surface area contributed by atoms with Gasteiger partial charge < -0.3 is 4.74 Å². The molecule has 1 aromatic rings. The highest BCUT2D eigenvalue weighted by Crippen LogP contribution is 2.33. The minimum atomic E-state index is 0.502. The molecule has 1 heteroatoms. The molecule has 0 aliphatic carbocycles. The van der Waals surface area contributed by atoms with E-state index in [4.69, 9.17) is 4.74 Å². The zero-order valence-electron chi connectivity index (χ0n) is 8.07. The second-order valence-electron chi connectivity index (χ2n) is 3.68. The standard InChI is InChI=1S/C12H16O/c1-2-6-11(12-9-13-12)10-7-4-3-5-8-10/h3-5,7-8,11-12H,2,6,9H2,1H3. The first-order valence-corrected chi connectivity index (χ1v) is 5.08. The van der Waals surface area contributed by atoms with Gasteiger partial charge in [-0.1, -0.05) is 43.7 Å². The molecule has 0 amide bonds. The molecule has 0 bridgehead atoms. The Hall–Kier alpha value is -0.820. The fraction of sp³-hybridized carbons (Fsp3) is 0.500. The Balaban J connectivity index is 2.10. The summed E-state index contributed by atoms with van der Waals surface area (Å²) in [6.45, 7) is 3.19. The summed E-state index contributed by atoms with van der Waals surface area (Å²) < 4.78 is 5.38. The molecule has 1 aliphatic heterocycles. The normalized spacial score (nSPS) is 22.7. The van der Waals surface area contributed by atoms with Crippen molar-refractivity contribution in [1.29, 1.82) is 0 Å². The predicted octanol–water partition coefficient (Wildman–Crippen LogP) is 2.97. The second-order valence-corrected chi connectivity index (χ2v) is 3.68. The summed E-state index contributed by atoms with van der Waals surface area (Å²) in [6, 6.07) is 10.7. The van der Waals surface area contributed by atoms with Gasteiger partial charge in [-0.2, -0.15) is 0 Å². The van der Waals surface area contributed by atoms with Gasteiger partial charge >= 0.3 is 0 Å². The van der Waals surface area contributed by atoms with Gasteiger partial charge in [-0.3, -0.25) is 0 Å². The van der Waals surface area contributed by atoms with Crippen molar-refractivity contribution in [2.75, 3.05) is 6.61 Å². The summed E-state index contributed by atoms with van der Waals surface area (Å²) >= 11 is 0. The summed E-state index contributed by atoms with van der Waals surface area (Å²) in [5, 5.41) is 0. The number of rotatable bonds is 4. The first kappa shape index (κ1) is 8.76. The Morgan fingerprint density at radius 2 is 2.08 bits per heavy atom. The zero-order valence-corrected chi connectivity index (χ0v) is 8.07. The highest BCUT2D eigenvalue weighted by Gasteiger charge is 2.32. The Morgan fingerprint density at radius 1 is 1.38 bits per heavy atom. The first-order valence-electron chi connectivity index (χ1n) is 5.08.